The predicted octanol–water partition coefficient (Wildman–Crippen LogP) is -2.14. The minimum Gasteiger partial charge on any atom is -1.00 e. The summed E-state index contributed by atoms with van der Waals surface area (Å²) in [4.78, 5) is 25.4. The molecule has 1 aromatic carbocycles. The summed E-state index contributed by atoms with van der Waals surface area (Å²) < 4.78 is 5.13. The van der Waals surface area contributed by atoms with Gasteiger partial charge in [0.15, 0.2) is 5.76 Å². The van der Waals surface area contributed by atoms with Crippen molar-refractivity contribution in [2.24, 2.45) is 0 Å². The Kier molecular flexibility index (Phi) is 5.36. The Hall–Kier alpha value is -2.38. The average Bonchev–Trinajstić information content (AvgIpc) is 3.09. The quantitative estimate of drug-likeness (QED) is 0.512. The summed E-state index contributed by atoms with van der Waals surface area (Å²) in [5.74, 6) is 0.270. The lowest BCUT2D eigenvalue weighted by Gasteiger charge is -2.31. The number of carbonyl (C=O) groups is 1. The van der Waals surface area contributed by atoms with E-state index in [1.165, 1.54) is 23.3 Å². The van der Waals surface area contributed by atoms with Gasteiger partial charge in [-0.3, -0.25) is 19.8 Å². The van der Waals surface area contributed by atoms with Crippen molar-refractivity contribution in [2.45, 2.75) is 0 Å². The van der Waals surface area contributed by atoms with Crippen LogP contribution in [0.1, 0.15) is 10.6 Å². The minimum absolute atomic E-state index is 0. The summed E-state index contributed by atoms with van der Waals surface area (Å²) in [5, 5.41) is 10.7. The fourth-order valence-corrected chi connectivity index (χ4v) is 2.64. The number of hydrogen-bond acceptors (Lipinski definition) is 4. The number of halogens is 1. The molecule has 0 bridgehead atoms. The van der Waals surface area contributed by atoms with Crippen LogP contribution in [0.4, 0.5) is 11.4 Å². The Morgan fingerprint density at radius 1 is 1.17 bits per heavy atom. The molecule has 0 unspecified atom stereocenters. The van der Waals surface area contributed by atoms with E-state index >= 15 is 0 Å². The molecule has 0 saturated carbocycles. The number of piperazine rings is 1. The van der Waals surface area contributed by atoms with Gasteiger partial charge in [-0.1, -0.05) is 0 Å². The van der Waals surface area contributed by atoms with Crippen molar-refractivity contribution < 1.29 is 31.4 Å². The molecule has 8 heteroatoms. The molecule has 2 heterocycles. The lowest BCUT2D eigenvalue weighted by molar-refractivity contribution is -0.837. The number of nitro groups is 1. The maximum atomic E-state index is 12.2. The van der Waals surface area contributed by atoms with E-state index in [1.807, 2.05) is 0 Å². The van der Waals surface area contributed by atoms with Crippen LogP contribution in [-0.4, -0.2) is 41.9 Å². The highest BCUT2D eigenvalue weighted by molar-refractivity contribution is 5.91. The number of carbonyl (C=O) groups excluding carboxylic acids is 1. The van der Waals surface area contributed by atoms with Gasteiger partial charge in [0.2, 0.25) is 0 Å². The Labute approximate surface area is 139 Å². The van der Waals surface area contributed by atoms with Gasteiger partial charge in [-0.25, -0.2) is 0 Å². The number of amides is 1. The van der Waals surface area contributed by atoms with Crippen LogP contribution in [-0.2, 0) is 0 Å². The van der Waals surface area contributed by atoms with Crippen LogP contribution < -0.4 is 17.3 Å². The van der Waals surface area contributed by atoms with Crippen molar-refractivity contribution in [3.8, 4) is 0 Å². The highest BCUT2D eigenvalue weighted by Gasteiger charge is 2.27. The molecule has 0 radical (unpaired) electrons. The van der Waals surface area contributed by atoms with Crippen LogP contribution in [0, 0.1) is 10.1 Å². The molecule has 1 aliphatic rings. The predicted molar refractivity (Wildman–Crippen MR) is 78.1 cm³/mol. The first-order valence-corrected chi connectivity index (χ1v) is 7.07. The molecule has 3 rings (SSSR count). The molecule has 23 heavy (non-hydrogen) atoms. The number of quaternary nitrogens is 1. The number of benzene rings is 1. The number of hydrogen-bond donors (Lipinski definition) is 1. The van der Waals surface area contributed by atoms with Gasteiger partial charge in [0.25, 0.3) is 11.6 Å². The number of rotatable bonds is 3. The van der Waals surface area contributed by atoms with E-state index in [0.717, 1.165) is 18.8 Å². The SMILES string of the molecule is O=C(c1ccco1)N1CC[NH+](c2ccc([N+](=O)[O-])cc2)CC1.[Cl-]. The molecule has 0 spiro atoms. The summed E-state index contributed by atoms with van der Waals surface area (Å²) in [5.41, 5.74) is 1.10. The van der Waals surface area contributed by atoms with E-state index in [2.05, 4.69) is 0 Å². The first kappa shape index (κ1) is 17.0. The molecule has 1 aliphatic heterocycles. The van der Waals surface area contributed by atoms with Gasteiger partial charge < -0.3 is 21.7 Å². The number of nitrogens with one attached hydrogen (secondary N) is 1. The third-order valence-corrected chi connectivity index (χ3v) is 3.87. The second-order valence-electron chi connectivity index (χ2n) is 5.18. The normalized spacial score (nSPS) is 15.0. The summed E-state index contributed by atoms with van der Waals surface area (Å²) in [6, 6.07) is 9.95. The van der Waals surface area contributed by atoms with E-state index in [-0.39, 0.29) is 24.0 Å². The van der Waals surface area contributed by atoms with Crippen LogP contribution in [0.2, 0.25) is 0 Å². The monoisotopic (exact) mass is 337 g/mol. The summed E-state index contributed by atoms with van der Waals surface area (Å²) in [6.07, 6.45) is 1.49. The van der Waals surface area contributed by atoms with E-state index in [1.54, 1.807) is 29.2 Å². The summed E-state index contributed by atoms with van der Waals surface area (Å²) in [6.45, 7) is 2.80. The summed E-state index contributed by atoms with van der Waals surface area (Å²) in [7, 11) is 0. The van der Waals surface area contributed by atoms with Crippen molar-refractivity contribution in [3.05, 3.63) is 58.5 Å². The van der Waals surface area contributed by atoms with Crippen molar-refractivity contribution in [1.82, 2.24) is 4.90 Å². The van der Waals surface area contributed by atoms with Crippen LogP contribution in [0.5, 0.6) is 0 Å². The van der Waals surface area contributed by atoms with Gasteiger partial charge in [0, 0.05) is 24.3 Å². The molecular weight excluding hydrogens is 322 g/mol. The fourth-order valence-electron chi connectivity index (χ4n) is 2.64. The van der Waals surface area contributed by atoms with Gasteiger partial charge >= 0.3 is 0 Å². The largest absolute Gasteiger partial charge is 1.00 e. The number of non-ortho nitro benzene ring substituents is 1. The number of nitro benzene ring substituents is 1. The van der Waals surface area contributed by atoms with E-state index in [4.69, 9.17) is 4.42 Å². The smallest absolute Gasteiger partial charge is 0.289 e. The Bertz CT molecular complexity index is 665. The summed E-state index contributed by atoms with van der Waals surface area (Å²) >= 11 is 0. The van der Waals surface area contributed by atoms with E-state index in [9.17, 15) is 14.9 Å². The molecule has 2 aromatic rings. The van der Waals surface area contributed by atoms with Gasteiger partial charge in [0.1, 0.15) is 5.69 Å². The number of nitrogens with zero attached hydrogens (tertiary/aromatic N) is 2. The van der Waals surface area contributed by atoms with Crippen LogP contribution in [0.3, 0.4) is 0 Å². The third-order valence-electron chi connectivity index (χ3n) is 3.87. The molecule has 1 aromatic heterocycles. The zero-order chi connectivity index (χ0) is 15.5. The van der Waals surface area contributed by atoms with Crippen molar-refractivity contribution >= 4 is 17.3 Å². The maximum Gasteiger partial charge on any atom is 0.289 e. The second kappa shape index (κ2) is 7.26. The molecule has 1 saturated heterocycles. The van der Waals surface area contributed by atoms with Crippen molar-refractivity contribution in [2.75, 3.05) is 26.2 Å². The van der Waals surface area contributed by atoms with Crippen LogP contribution in [0.15, 0.2) is 47.1 Å². The first-order chi connectivity index (χ1) is 10.6. The Balaban J connectivity index is 0.00000192. The molecule has 0 aliphatic carbocycles. The zero-order valence-electron chi connectivity index (χ0n) is 12.3. The molecule has 1 amide bonds. The van der Waals surface area contributed by atoms with Gasteiger partial charge in [-0.05, 0) is 12.1 Å². The third kappa shape index (κ3) is 3.69. The maximum absolute atomic E-state index is 12.2. The molecule has 122 valence electrons. The molecule has 1 N–H and O–H groups in total. The Morgan fingerprint density at radius 2 is 1.83 bits per heavy atom. The fraction of sp³-hybridized carbons (Fsp3) is 0.267. The molecule has 7 nitrogen and oxygen atoms in total. The molecular formula is C15H16ClN3O4. The topological polar surface area (TPSA) is 81.0 Å². The molecule has 0 atom stereocenters. The lowest BCUT2D eigenvalue weighted by atomic mass is 10.2. The lowest BCUT2D eigenvalue weighted by Crippen LogP contribution is -3.10. The minimum atomic E-state index is -0.404. The number of furan rings is 1. The highest BCUT2D eigenvalue weighted by atomic mass is 35.5. The van der Waals surface area contributed by atoms with E-state index < -0.39 is 4.92 Å². The first-order valence-electron chi connectivity index (χ1n) is 7.07. The van der Waals surface area contributed by atoms with Crippen molar-refractivity contribution in [3.63, 3.8) is 0 Å². The second-order valence-corrected chi connectivity index (χ2v) is 5.18. The molecule has 1 fully saturated rings. The van der Waals surface area contributed by atoms with Crippen LogP contribution in [0.25, 0.3) is 0 Å². The Morgan fingerprint density at radius 3 is 2.35 bits per heavy atom. The highest BCUT2D eigenvalue weighted by Crippen LogP contribution is 2.13. The van der Waals surface area contributed by atoms with Gasteiger partial charge in [-0.2, -0.15) is 0 Å². The standard InChI is InChI=1S/C15H15N3O4.ClH/c19-15(14-2-1-11-22-14)17-9-7-16(8-10-17)12-3-5-13(6-4-12)18(20)21;/h1-6,11H,7-10H2;1H. The van der Waals surface area contributed by atoms with E-state index in [0.29, 0.717) is 18.8 Å². The van der Waals surface area contributed by atoms with Gasteiger partial charge in [0.05, 0.1) is 37.4 Å². The van der Waals surface area contributed by atoms with Crippen LogP contribution >= 0.6 is 0 Å². The average molecular weight is 338 g/mol. The zero-order valence-corrected chi connectivity index (χ0v) is 13.0. The van der Waals surface area contributed by atoms with Crippen molar-refractivity contribution in [1.29, 1.82) is 0 Å². The van der Waals surface area contributed by atoms with Gasteiger partial charge in [-0.15, -0.1) is 0 Å².